The number of esters is 1. The van der Waals surface area contributed by atoms with E-state index in [9.17, 15) is 14.0 Å². The van der Waals surface area contributed by atoms with E-state index in [0.717, 1.165) is 5.56 Å². The van der Waals surface area contributed by atoms with Gasteiger partial charge in [-0.2, -0.15) is 0 Å². The molecule has 1 aromatic rings. The molecule has 0 radical (unpaired) electrons. The van der Waals surface area contributed by atoms with Crippen LogP contribution in [0.2, 0.25) is 0 Å². The van der Waals surface area contributed by atoms with Crippen LogP contribution in [0.1, 0.15) is 24.8 Å². The third-order valence-corrected chi connectivity index (χ3v) is 2.35. The van der Waals surface area contributed by atoms with Crippen LogP contribution in [0.4, 0.5) is 4.39 Å². The predicted octanol–water partition coefficient (Wildman–Crippen LogP) is 2.32. The maximum Gasteiger partial charge on any atom is 0.338 e. The first-order valence-electron chi connectivity index (χ1n) is 5.66. The van der Waals surface area contributed by atoms with E-state index >= 15 is 0 Å². The number of carboxylic acid groups (broad SMARTS) is 1. The lowest BCUT2D eigenvalue weighted by molar-refractivity contribution is -0.146. The molecule has 1 atom stereocenters. The number of hydrogen-bond donors (Lipinski definition) is 1. The van der Waals surface area contributed by atoms with Gasteiger partial charge in [0.1, 0.15) is 6.61 Å². The molecule has 0 amide bonds. The Morgan fingerprint density at radius 2 is 1.94 bits per heavy atom. The summed E-state index contributed by atoms with van der Waals surface area (Å²) in [5.41, 5.74) is 0.875. The molecule has 0 saturated heterocycles. The Morgan fingerprint density at radius 1 is 1.28 bits per heavy atom. The average molecular weight is 254 g/mol. The van der Waals surface area contributed by atoms with Crippen molar-refractivity contribution < 1.29 is 23.8 Å². The lowest BCUT2D eigenvalue weighted by Crippen LogP contribution is -2.15. The van der Waals surface area contributed by atoms with Crippen LogP contribution < -0.4 is 0 Å². The standard InChI is InChI=1S/C13H15FO4/c14-11(13(16)17)7-4-8-12(15)18-9-10-5-2-1-3-6-10/h1-3,5-6,11H,4,7-9H2,(H,16,17). The highest BCUT2D eigenvalue weighted by Crippen LogP contribution is 2.07. The van der Waals surface area contributed by atoms with Crippen molar-refractivity contribution in [3.63, 3.8) is 0 Å². The summed E-state index contributed by atoms with van der Waals surface area (Å²) in [5.74, 6) is -1.94. The molecule has 98 valence electrons. The van der Waals surface area contributed by atoms with E-state index in [1.54, 1.807) is 0 Å². The maximum atomic E-state index is 12.7. The van der Waals surface area contributed by atoms with Gasteiger partial charge in [-0.15, -0.1) is 0 Å². The molecule has 0 fully saturated rings. The van der Waals surface area contributed by atoms with Gasteiger partial charge < -0.3 is 9.84 Å². The fraction of sp³-hybridized carbons (Fsp3) is 0.385. The quantitative estimate of drug-likeness (QED) is 0.758. The lowest BCUT2D eigenvalue weighted by Gasteiger charge is -2.05. The molecule has 0 aromatic heterocycles. The van der Waals surface area contributed by atoms with Crippen molar-refractivity contribution in [2.24, 2.45) is 0 Å². The van der Waals surface area contributed by atoms with Crippen LogP contribution in [0.25, 0.3) is 0 Å². The van der Waals surface area contributed by atoms with Crippen LogP contribution in [0, 0.1) is 0 Å². The molecule has 0 aliphatic carbocycles. The maximum absolute atomic E-state index is 12.7. The molecular formula is C13H15FO4. The van der Waals surface area contributed by atoms with E-state index in [4.69, 9.17) is 9.84 Å². The van der Waals surface area contributed by atoms with Gasteiger partial charge in [-0.25, -0.2) is 9.18 Å². The number of rotatable bonds is 7. The van der Waals surface area contributed by atoms with Crippen LogP contribution in [-0.2, 0) is 20.9 Å². The van der Waals surface area contributed by atoms with Crippen LogP contribution >= 0.6 is 0 Å². The van der Waals surface area contributed by atoms with Gasteiger partial charge in [0.2, 0.25) is 0 Å². The van der Waals surface area contributed by atoms with Crippen molar-refractivity contribution in [2.75, 3.05) is 0 Å². The third kappa shape index (κ3) is 5.43. The number of benzene rings is 1. The zero-order chi connectivity index (χ0) is 13.4. The lowest BCUT2D eigenvalue weighted by atomic mass is 10.2. The fourth-order valence-electron chi connectivity index (χ4n) is 1.36. The summed E-state index contributed by atoms with van der Waals surface area (Å²) >= 11 is 0. The minimum atomic E-state index is -1.91. The van der Waals surface area contributed by atoms with Crippen molar-refractivity contribution in [1.82, 2.24) is 0 Å². The van der Waals surface area contributed by atoms with Gasteiger partial charge in [-0.1, -0.05) is 30.3 Å². The Labute approximate surface area is 104 Å². The van der Waals surface area contributed by atoms with E-state index in [1.165, 1.54) is 0 Å². The molecule has 1 N–H and O–H groups in total. The van der Waals surface area contributed by atoms with Crippen molar-refractivity contribution >= 4 is 11.9 Å². The van der Waals surface area contributed by atoms with E-state index in [0.29, 0.717) is 0 Å². The van der Waals surface area contributed by atoms with E-state index in [-0.39, 0.29) is 25.9 Å². The van der Waals surface area contributed by atoms with Gasteiger partial charge in [0.15, 0.2) is 6.17 Å². The zero-order valence-electron chi connectivity index (χ0n) is 9.84. The van der Waals surface area contributed by atoms with Crippen LogP contribution in [0.15, 0.2) is 30.3 Å². The SMILES string of the molecule is O=C(CCCC(F)C(=O)O)OCc1ccccc1. The second kappa shape index (κ2) is 7.42. The molecule has 1 aromatic carbocycles. The Kier molecular flexibility index (Phi) is 5.84. The minimum absolute atomic E-state index is 0.0283. The second-order valence-corrected chi connectivity index (χ2v) is 3.84. The molecule has 0 aliphatic heterocycles. The summed E-state index contributed by atoms with van der Waals surface area (Å²) in [6, 6.07) is 9.19. The minimum Gasteiger partial charge on any atom is -0.479 e. The largest absolute Gasteiger partial charge is 0.479 e. The number of carboxylic acids is 1. The summed E-state index contributed by atoms with van der Waals surface area (Å²) in [6.45, 7) is 0.178. The third-order valence-electron chi connectivity index (χ3n) is 2.35. The smallest absolute Gasteiger partial charge is 0.338 e. The number of carbonyl (C=O) groups is 2. The molecule has 18 heavy (non-hydrogen) atoms. The van der Waals surface area contributed by atoms with Crippen molar-refractivity contribution in [3.05, 3.63) is 35.9 Å². The number of hydrogen-bond acceptors (Lipinski definition) is 3. The molecule has 4 nitrogen and oxygen atoms in total. The second-order valence-electron chi connectivity index (χ2n) is 3.84. The van der Waals surface area contributed by atoms with Gasteiger partial charge >= 0.3 is 11.9 Å². The van der Waals surface area contributed by atoms with Crippen LogP contribution in [0.3, 0.4) is 0 Å². The van der Waals surface area contributed by atoms with Gasteiger partial charge in [0.25, 0.3) is 0 Å². The molecular weight excluding hydrogens is 239 g/mol. The fourth-order valence-corrected chi connectivity index (χ4v) is 1.36. The highest BCUT2D eigenvalue weighted by molar-refractivity contribution is 5.72. The average Bonchev–Trinajstić information content (AvgIpc) is 2.37. The van der Waals surface area contributed by atoms with E-state index < -0.39 is 18.1 Å². The Morgan fingerprint density at radius 3 is 2.56 bits per heavy atom. The molecule has 0 saturated carbocycles. The molecule has 0 bridgehead atoms. The predicted molar refractivity (Wildman–Crippen MR) is 62.6 cm³/mol. The number of alkyl halides is 1. The van der Waals surface area contributed by atoms with Gasteiger partial charge in [-0.05, 0) is 18.4 Å². The molecule has 0 heterocycles. The van der Waals surface area contributed by atoms with Gasteiger partial charge in [0.05, 0.1) is 0 Å². The molecule has 0 spiro atoms. The summed E-state index contributed by atoms with van der Waals surface area (Å²) < 4.78 is 17.6. The first-order valence-corrected chi connectivity index (χ1v) is 5.66. The van der Waals surface area contributed by atoms with E-state index in [2.05, 4.69) is 0 Å². The van der Waals surface area contributed by atoms with Crippen molar-refractivity contribution in [2.45, 2.75) is 32.0 Å². The highest BCUT2D eigenvalue weighted by atomic mass is 19.1. The van der Waals surface area contributed by atoms with E-state index in [1.807, 2.05) is 30.3 Å². The normalized spacial score (nSPS) is 11.8. The monoisotopic (exact) mass is 254 g/mol. The van der Waals surface area contributed by atoms with Gasteiger partial charge in [-0.3, -0.25) is 4.79 Å². The highest BCUT2D eigenvalue weighted by Gasteiger charge is 2.15. The van der Waals surface area contributed by atoms with Crippen molar-refractivity contribution in [3.8, 4) is 0 Å². The number of ether oxygens (including phenoxy) is 1. The molecule has 1 rings (SSSR count). The van der Waals surface area contributed by atoms with Gasteiger partial charge in [0, 0.05) is 6.42 Å². The Hall–Kier alpha value is -1.91. The molecule has 0 aliphatic rings. The Bertz CT molecular complexity index is 391. The molecule has 1 unspecified atom stereocenters. The number of halogens is 1. The first kappa shape index (κ1) is 14.2. The summed E-state index contributed by atoms with van der Waals surface area (Å²) in [7, 11) is 0. The van der Waals surface area contributed by atoms with Crippen LogP contribution in [-0.4, -0.2) is 23.2 Å². The van der Waals surface area contributed by atoms with Crippen molar-refractivity contribution in [1.29, 1.82) is 0 Å². The van der Waals surface area contributed by atoms with Crippen LogP contribution in [0.5, 0.6) is 0 Å². The summed E-state index contributed by atoms with van der Waals surface area (Å²) in [5, 5.41) is 8.31. The topological polar surface area (TPSA) is 63.6 Å². The number of carbonyl (C=O) groups excluding carboxylic acids is 1. The first-order chi connectivity index (χ1) is 8.59. The molecule has 5 heteroatoms. The Balaban J connectivity index is 2.17. The summed E-state index contributed by atoms with van der Waals surface area (Å²) in [6.07, 6.45) is -1.89. The summed E-state index contributed by atoms with van der Waals surface area (Å²) in [4.78, 5) is 21.5. The number of aliphatic carboxylic acids is 1. The zero-order valence-corrected chi connectivity index (χ0v) is 9.84.